The fraction of sp³-hybridized carbons (Fsp3) is 0.600. The van der Waals surface area contributed by atoms with E-state index < -0.39 is 10.0 Å². The van der Waals surface area contributed by atoms with Crippen LogP contribution in [0.15, 0.2) is 23.1 Å². The first-order valence-corrected chi connectivity index (χ1v) is 8.84. The fourth-order valence-corrected chi connectivity index (χ4v) is 4.42. The van der Waals surface area contributed by atoms with Crippen LogP contribution in [0, 0.1) is 6.92 Å². The van der Waals surface area contributed by atoms with Gasteiger partial charge in [0.1, 0.15) is 0 Å². The summed E-state index contributed by atoms with van der Waals surface area (Å²) >= 11 is 0. The Bertz CT molecular complexity index is 601. The van der Waals surface area contributed by atoms with Crippen molar-refractivity contribution in [2.45, 2.75) is 50.2 Å². The number of rotatable bonds is 4. The highest BCUT2D eigenvalue weighted by atomic mass is 32.2. The second kappa shape index (κ2) is 6.44. The van der Waals surface area contributed by atoms with Gasteiger partial charge in [0.2, 0.25) is 10.0 Å². The Hall–Kier alpha value is -0.950. The summed E-state index contributed by atoms with van der Waals surface area (Å²) in [4.78, 5) is 2.60. The van der Waals surface area contributed by atoms with Gasteiger partial charge >= 0.3 is 0 Å². The molecule has 1 aromatic carbocycles. The van der Waals surface area contributed by atoms with Gasteiger partial charge in [-0.15, -0.1) is 0 Å². The summed E-state index contributed by atoms with van der Waals surface area (Å²) in [5.74, 6) is 0. The number of sulfonamides is 1. The molecule has 1 aliphatic heterocycles. The third-order valence-corrected chi connectivity index (χ3v) is 6.10. The van der Waals surface area contributed by atoms with Crippen molar-refractivity contribution in [3.05, 3.63) is 29.3 Å². The molecule has 21 heavy (non-hydrogen) atoms. The van der Waals surface area contributed by atoms with Crippen molar-refractivity contribution in [3.63, 3.8) is 0 Å². The van der Waals surface area contributed by atoms with E-state index in [9.17, 15) is 8.42 Å². The molecule has 1 aromatic rings. The molecule has 0 aliphatic carbocycles. The Morgan fingerprint density at radius 3 is 2.76 bits per heavy atom. The predicted molar refractivity (Wildman–Crippen MR) is 84.5 cm³/mol. The van der Waals surface area contributed by atoms with Gasteiger partial charge in [-0.2, -0.15) is 0 Å². The molecule has 118 valence electrons. The normalized spacial score (nSPS) is 24.2. The highest BCUT2D eigenvalue weighted by Gasteiger charge is 2.28. The second-order valence-corrected chi connectivity index (χ2v) is 7.60. The average molecular weight is 311 g/mol. The zero-order valence-electron chi connectivity index (χ0n) is 13.0. The summed E-state index contributed by atoms with van der Waals surface area (Å²) in [7, 11) is -1.41. The van der Waals surface area contributed by atoms with E-state index in [1.54, 1.807) is 12.1 Å². The minimum atomic E-state index is -3.49. The van der Waals surface area contributed by atoms with Gasteiger partial charge in [0.05, 0.1) is 4.90 Å². The molecule has 2 atom stereocenters. The molecule has 0 aromatic heterocycles. The van der Waals surface area contributed by atoms with Crippen LogP contribution >= 0.6 is 0 Å². The van der Waals surface area contributed by atoms with Crippen LogP contribution in [0.25, 0.3) is 0 Å². The van der Waals surface area contributed by atoms with Crippen molar-refractivity contribution in [1.82, 2.24) is 9.62 Å². The van der Waals surface area contributed by atoms with E-state index in [4.69, 9.17) is 5.73 Å². The molecule has 1 saturated heterocycles. The SMILES string of the molecule is Cc1c(CN)cccc1S(=O)(=O)NC1CCN(C)C(C)C1. The van der Waals surface area contributed by atoms with Crippen molar-refractivity contribution >= 4 is 10.0 Å². The first-order valence-electron chi connectivity index (χ1n) is 7.36. The van der Waals surface area contributed by atoms with Crippen molar-refractivity contribution in [3.8, 4) is 0 Å². The van der Waals surface area contributed by atoms with Gasteiger partial charge in [0, 0.05) is 18.6 Å². The molecule has 1 heterocycles. The van der Waals surface area contributed by atoms with Crippen molar-refractivity contribution in [1.29, 1.82) is 0 Å². The Morgan fingerprint density at radius 2 is 2.14 bits per heavy atom. The first-order chi connectivity index (χ1) is 9.85. The van der Waals surface area contributed by atoms with E-state index in [0.29, 0.717) is 17.5 Å². The van der Waals surface area contributed by atoms with Crippen LogP contribution in [0.2, 0.25) is 0 Å². The van der Waals surface area contributed by atoms with E-state index in [2.05, 4.69) is 23.6 Å². The average Bonchev–Trinajstić information content (AvgIpc) is 2.42. The molecule has 1 aliphatic rings. The van der Waals surface area contributed by atoms with Crippen LogP contribution in [0.4, 0.5) is 0 Å². The molecule has 0 radical (unpaired) electrons. The smallest absolute Gasteiger partial charge is 0.241 e. The number of hydrogen-bond donors (Lipinski definition) is 2. The molecular formula is C15H25N3O2S. The van der Waals surface area contributed by atoms with E-state index in [1.807, 2.05) is 13.0 Å². The topological polar surface area (TPSA) is 75.4 Å². The third-order valence-electron chi connectivity index (χ3n) is 4.44. The van der Waals surface area contributed by atoms with Crippen LogP contribution in [0.1, 0.15) is 30.9 Å². The van der Waals surface area contributed by atoms with Crippen LogP contribution in [-0.4, -0.2) is 39.0 Å². The maximum absolute atomic E-state index is 12.6. The van der Waals surface area contributed by atoms with Crippen LogP contribution < -0.4 is 10.5 Å². The quantitative estimate of drug-likeness (QED) is 0.876. The lowest BCUT2D eigenvalue weighted by atomic mass is 10.0. The number of likely N-dealkylation sites (tertiary alicyclic amines) is 1. The Kier molecular flexibility index (Phi) is 5.03. The first kappa shape index (κ1) is 16.4. The molecule has 1 fully saturated rings. The van der Waals surface area contributed by atoms with E-state index in [0.717, 1.165) is 30.5 Å². The minimum Gasteiger partial charge on any atom is -0.326 e. The van der Waals surface area contributed by atoms with Crippen LogP contribution in [0.5, 0.6) is 0 Å². The maximum atomic E-state index is 12.6. The molecule has 0 saturated carbocycles. The summed E-state index contributed by atoms with van der Waals surface area (Å²) in [6, 6.07) is 5.66. The number of hydrogen-bond acceptors (Lipinski definition) is 4. The monoisotopic (exact) mass is 311 g/mol. The summed E-state index contributed by atoms with van der Waals surface area (Å²) in [6.45, 7) is 5.20. The molecule has 0 spiro atoms. The highest BCUT2D eigenvalue weighted by molar-refractivity contribution is 7.89. The standard InChI is InChI=1S/C15H25N3O2S/c1-11-9-14(7-8-18(11)3)17-21(19,20)15-6-4-5-13(10-16)12(15)2/h4-6,11,14,17H,7-10,16H2,1-3H3. The summed E-state index contributed by atoms with van der Waals surface area (Å²) in [5, 5.41) is 0. The molecule has 0 bridgehead atoms. The fourth-order valence-electron chi connectivity index (χ4n) is 2.85. The van der Waals surface area contributed by atoms with Gasteiger partial charge in [-0.05, 0) is 57.5 Å². The summed E-state index contributed by atoms with van der Waals surface area (Å²) in [6.07, 6.45) is 1.68. The number of benzene rings is 1. The molecule has 2 unspecified atom stereocenters. The van der Waals surface area contributed by atoms with E-state index in [-0.39, 0.29) is 6.04 Å². The Labute approximate surface area is 127 Å². The maximum Gasteiger partial charge on any atom is 0.241 e. The largest absolute Gasteiger partial charge is 0.326 e. The lowest BCUT2D eigenvalue weighted by Crippen LogP contribution is -2.47. The van der Waals surface area contributed by atoms with Crippen molar-refractivity contribution < 1.29 is 8.42 Å². The predicted octanol–water partition coefficient (Wildman–Crippen LogP) is 1.21. The molecule has 2 rings (SSSR count). The lowest BCUT2D eigenvalue weighted by molar-refractivity contribution is 0.178. The van der Waals surface area contributed by atoms with Crippen molar-refractivity contribution in [2.75, 3.05) is 13.6 Å². The van der Waals surface area contributed by atoms with Gasteiger partial charge in [-0.25, -0.2) is 13.1 Å². The minimum absolute atomic E-state index is 0.00197. The summed E-state index contributed by atoms with van der Waals surface area (Å²) < 4.78 is 28.1. The molecular weight excluding hydrogens is 286 g/mol. The van der Waals surface area contributed by atoms with E-state index >= 15 is 0 Å². The van der Waals surface area contributed by atoms with Crippen LogP contribution in [-0.2, 0) is 16.6 Å². The number of nitrogens with one attached hydrogen (secondary N) is 1. The number of nitrogens with two attached hydrogens (primary N) is 1. The van der Waals surface area contributed by atoms with Gasteiger partial charge in [0.25, 0.3) is 0 Å². The third kappa shape index (κ3) is 3.63. The van der Waals surface area contributed by atoms with Crippen LogP contribution in [0.3, 0.4) is 0 Å². The molecule has 0 amide bonds. The molecule has 3 N–H and O–H groups in total. The van der Waals surface area contributed by atoms with Crippen molar-refractivity contribution in [2.24, 2.45) is 5.73 Å². The zero-order chi connectivity index (χ0) is 15.6. The Balaban J connectivity index is 2.19. The Morgan fingerprint density at radius 1 is 1.43 bits per heavy atom. The number of nitrogens with zero attached hydrogens (tertiary/aromatic N) is 1. The van der Waals surface area contributed by atoms with Gasteiger partial charge in [-0.1, -0.05) is 12.1 Å². The molecule has 5 nitrogen and oxygen atoms in total. The lowest BCUT2D eigenvalue weighted by Gasteiger charge is -2.35. The number of piperidine rings is 1. The molecule has 6 heteroatoms. The van der Waals surface area contributed by atoms with Gasteiger partial charge in [-0.3, -0.25) is 0 Å². The van der Waals surface area contributed by atoms with Gasteiger partial charge < -0.3 is 10.6 Å². The zero-order valence-corrected chi connectivity index (χ0v) is 13.8. The van der Waals surface area contributed by atoms with Gasteiger partial charge in [0.15, 0.2) is 0 Å². The van der Waals surface area contributed by atoms with E-state index in [1.165, 1.54) is 0 Å². The second-order valence-electron chi connectivity index (χ2n) is 5.92. The highest BCUT2D eigenvalue weighted by Crippen LogP contribution is 2.21. The summed E-state index contributed by atoms with van der Waals surface area (Å²) in [5.41, 5.74) is 7.27.